The average Bonchev–Trinajstić information content (AvgIpc) is 2.34. The van der Waals surface area contributed by atoms with Crippen molar-refractivity contribution >= 4 is 7.60 Å². The van der Waals surface area contributed by atoms with Crippen LogP contribution in [0.2, 0.25) is 0 Å². The lowest BCUT2D eigenvalue weighted by Gasteiger charge is -2.13. The summed E-state index contributed by atoms with van der Waals surface area (Å²) in [6, 6.07) is 0. The molecule has 0 aliphatic heterocycles. The number of nitrogens with zero attached hydrogens (tertiary/aromatic N) is 2. The fourth-order valence-corrected chi connectivity index (χ4v) is 1.16. The van der Waals surface area contributed by atoms with Gasteiger partial charge in [-0.1, -0.05) is 0 Å². The Morgan fingerprint density at radius 3 is 2.77 bits per heavy atom. The molecule has 74 valence electrons. The van der Waals surface area contributed by atoms with E-state index >= 15 is 0 Å². The predicted octanol–water partition coefficient (Wildman–Crippen LogP) is -1.19. The van der Waals surface area contributed by atoms with E-state index in [0.29, 0.717) is 0 Å². The van der Waals surface area contributed by atoms with Gasteiger partial charge in [0.25, 0.3) is 0 Å². The summed E-state index contributed by atoms with van der Waals surface area (Å²) < 4.78 is 11.5. The van der Waals surface area contributed by atoms with E-state index < -0.39 is 20.0 Å². The third-order valence-electron chi connectivity index (χ3n) is 1.12. The maximum absolute atomic E-state index is 10.4. The quantitative estimate of drug-likeness (QED) is 0.424. The molecule has 1 unspecified atom stereocenters. The summed E-state index contributed by atoms with van der Waals surface area (Å²) in [6.07, 6.45) is 1.76. The fourth-order valence-electron chi connectivity index (χ4n) is 0.687. The Morgan fingerprint density at radius 2 is 2.31 bits per heavy atom. The second-order valence-electron chi connectivity index (χ2n) is 2.33. The van der Waals surface area contributed by atoms with Crippen LogP contribution in [0.3, 0.4) is 0 Å². The molecule has 0 fully saturated rings. The number of rotatable bonds is 4. The molecule has 0 amide bonds. The van der Waals surface area contributed by atoms with E-state index in [1.807, 2.05) is 0 Å². The smallest absolute Gasteiger partial charge is 0.331 e. The minimum absolute atomic E-state index is 0.745. The Kier molecular flexibility index (Phi) is 3.05. The Morgan fingerprint density at radius 1 is 1.62 bits per heavy atom. The van der Waals surface area contributed by atoms with Crippen molar-refractivity contribution in [1.29, 1.82) is 0 Å². The fraction of sp³-hybridized carbons (Fsp3) is 0.400. The van der Waals surface area contributed by atoms with Crippen molar-refractivity contribution < 1.29 is 24.3 Å². The van der Waals surface area contributed by atoms with Crippen molar-refractivity contribution in [2.75, 3.05) is 6.16 Å². The van der Waals surface area contributed by atoms with Gasteiger partial charge in [0.15, 0.2) is 0 Å². The van der Waals surface area contributed by atoms with Gasteiger partial charge in [0.05, 0.1) is 6.20 Å². The monoisotopic (exact) mass is 208 g/mol. The van der Waals surface area contributed by atoms with Gasteiger partial charge in [-0.3, -0.25) is 4.57 Å². The molecule has 13 heavy (non-hydrogen) atoms. The minimum atomic E-state index is -4.25. The number of hydrogen-bond acceptors (Lipinski definition) is 4. The van der Waals surface area contributed by atoms with Crippen LogP contribution < -0.4 is 4.84 Å². The third-order valence-corrected chi connectivity index (χ3v) is 1.91. The van der Waals surface area contributed by atoms with Crippen LogP contribution >= 0.6 is 7.60 Å². The number of aromatic nitrogens is 2. The van der Waals surface area contributed by atoms with Crippen LogP contribution in [0, 0.1) is 0 Å². The normalized spacial score (nSPS) is 14.1. The SMILES string of the molecule is O=P(O)(O)CC(O)On1ccnc1. The summed E-state index contributed by atoms with van der Waals surface area (Å²) in [6.45, 7) is 0. The van der Waals surface area contributed by atoms with E-state index in [-0.39, 0.29) is 0 Å². The maximum Gasteiger partial charge on any atom is 0.331 e. The van der Waals surface area contributed by atoms with Crippen LogP contribution in [-0.2, 0) is 4.57 Å². The summed E-state index contributed by atoms with van der Waals surface area (Å²) in [7, 11) is -4.25. The van der Waals surface area contributed by atoms with Crippen LogP contribution in [0.1, 0.15) is 0 Å². The third kappa shape index (κ3) is 4.05. The summed E-state index contributed by atoms with van der Waals surface area (Å²) >= 11 is 0. The number of imidazole rings is 1. The number of aliphatic hydroxyl groups is 1. The zero-order valence-corrected chi connectivity index (χ0v) is 7.41. The van der Waals surface area contributed by atoms with Crippen molar-refractivity contribution in [1.82, 2.24) is 9.71 Å². The van der Waals surface area contributed by atoms with Crippen molar-refractivity contribution in [3.05, 3.63) is 18.7 Å². The molecule has 0 radical (unpaired) electrons. The summed E-state index contributed by atoms with van der Waals surface area (Å²) in [5.41, 5.74) is 0. The van der Waals surface area contributed by atoms with Crippen LogP contribution in [0.4, 0.5) is 0 Å². The van der Waals surface area contributed by atoms with Crippen molar-refractivity contribution in [2.24, 2.45) is 0 Å². The van der Waals surface area contributed by atoms with Crippen LogP contribution in [0.5, 0.6) is 0 Å². The van der Waals surface area contributed by atoms with Crippen molar-refractivity contribution in [2.45, 2.75) is 6.29 Å². The van der Waals surface area contributed by atoms with Crippen LogP contribution in [-0.4, -0.2) is 37.1 Å². The van der Waals surface area contributed by atoms with Crippen molar-refractivity contribution in [3.8, 4) is 0 Å². The van der Waals surface area contributed by atoms with Gasteiger partial charge < -0.3 is 19.7 Å². The molecule has 1 rings (SSSR count). The van der Waals surface area contributed by atoms with Gasteiger partial charge in [0, 0.05) is 6.20 Å². The van der Waals surface area contributed by atoms with E-state index in [1.165, 1.54) is 18.7 Å². The van der Waals surface area contributed by atoms with Gasteiger partial charge in [-0.15, -0.1) is 0 Å². The molecular formula is C5H9N2O5P. The molecule has 1 atom stereocenters. The molecule has 0 saturated carbocycles. The van der Waals surface area contributed by atoms with E-state index in [0.717, 1.165) is 4.73 Å². The second-order valence-corrected chi connectivity index (χ2v) is 4.02. The predicted molar refractivity (Wildman–Crippen MR) is 41.7 cm³/mol. The maximum atomic E-state index is 10.4. The lowest BCUT2D eigenvalue weighted by molar-refractivity contribution is -0.0904. The van der Waals surface area contributed by atoms with E-state index in [1.54, 1.807) is 0 Å². The van der Waals surface area contributed by atoms with Crippen molar-refractivity contribution in [3.63, 3.8) is 0 Å². The zero-order valence-electron chi connectivity index (χ0n) is 6.52. The van der Waals surface area contributed by atoms with Gasteiger partial charge in [-0.05, 0) is 0 Å². The Labute approximate surface area is 73.7 Å². The first kappa shape index (κ1) is 10.2. The van der Waals surface area contributed by atoms with Gasteiger partial charge in [-0.25, -0.2) is 4.98 Å². The number of hydrogen-bond donors (Lipinski definition) is 3. The first-order chi connectivity index (χ1) is 5.97. The largest absolute Gasteiger partial charge is 0.380 e. The van der Waals surface area contributed by atoms with Crippen LogP contribution in [0.25, 0.3) is 0 Å². The highest BCUT2D eigenvalue weighted by Crippen LogP contribution is 2.34. The topological polar surface area (TPSA) is 105 Å². The summed E-state index contributed by atoms with van der Waals surface area (Å²) in [5.74, 6) is 0. The zero-order chi connectivity index (χ0) is 9.90. The molecule has 1 aromatic rings. The second kappa shape index (κ2) is 3.89. The summed E-state index contributed by atoms with van der Waals surface area (Å²) in [5, 5.41) is 8.99. The first-order valence-corrected chi connectivity index (χ1v) is 5.15. The van der Waals surface area contributed by atoms with E-state index in [4.69, 9.17) is 14.9 Å². The molecule has 0 bridgehead atoms. The molecule has 1 heterocycles. The van der Waals surface area contributed by atoms with Gasteiger partial charge in [0.2, 0.25) is 6.29 Å². The van der Waals surface area contributed by atoms with Crippen LogP contribution in [0.15, 0.2) is 18.7 Å². The standard InChI is InChI=1S/C5H9N2O5P/c8-5(3-13(9,10)11)12-7-2-1-6-4-7/h1-2,4-5,8H,3H2,(H2,9,10,11). The molecule has 8 heteroatoms. The molecule has 0 saturated heterocycles. The molecule has 0 aromatic carbocycles. The highest BCUT2D eigenvalue weighted by molar-refractivity contribution is 7.51. The Balaban J connectivity index is 2.43. The molecule has 0 aliphatic carbocycles. The molecular weight excluding hydrogens is 199 g/mol. The summed E-state index contributed by atoms with van der Waals surface area (Å²) in [4.78, 5) is 25.2. The van der Waals surface area contributed by atoms with Gasteiger partial charge in [0.1, 0.15) is 12.5 Å². The minimum Gasteiger partial charge on any atom is -0.380 e. The Bertz CT molecular complexity index is 294. The highest BCUT2D eigenvalue weighted by Gasteiger charge is 2.21. The Hall–Kier alpha value is -0.880. The molecule has 3 N–H and O–H groups in total. The van der Waals surface area contributed by atoms with E-state index in [9.17, 15) is 4.57 Å². The van der Waals surface area contributed by atoms with E-state index in [2.05, 4.69) is 9.82 Å². The lowest BCUT2D eigenvalue weighted by atomic mass is 10.8. The highest BCUT2D eigenvalue weighted by atomic mass is 31.2. The van der Waals surface area contributed by atoms with Gasteiger partial charge >= 0.3 is 7.60 Å². The first-order valence-electron chi connectivity index (χ1n) is 3.35. The molecule has 1 aromatic heterocycles. The molecule has 7 nitrogen and oxygen atoms in total. The number of aliphatic hydroxyl groups excluding tert-OH is 1. The molecule has 0 aliphatic rings. The average molecular weight is 208 g/mol. The molecule has 0 spiro atoms. The van der Waals surface area contributed by atoms with Gasteiger partial charge in [-0.2, -0.15) is 4.73 Å². The lowest BCUT2D eigenvalue weighted by Crippen LogP contribution is -2.27.